The Morgan fingerprint density at radius 3 is 2.56 bits per heavy atom. The fourth-order valence-electron chi connectivity index (χ4n) is 2.49. The summed E-state index contributed by atoms with van der Waals surface area (Å²) in [5.74, 6) is 1.55. The zero-order valence-electron chi connectivity index (χ0n) is 14.6. The van der Waals surface area contributed by atoms with Crippen LogP contribution < -0.4 is 20.9 Å². The van der Waals surface area contributed by atoms with Crippen LogP contribution in [0.4, 0.5) is 4.79 Å². The van der Waals surface area contributed by atoms with Crippen LogP contribution in [0.25, 0.3) is 11.4 Å². The third-order valence-corrected chi connectivity index (χ3v) is 3.27. The Kier molecular flexibility index (Phi) is 5.87. The van der Waals surface area contributed by atoms with Gasteiger partial charge in [-0.25, -0.2) is 19.7 Å². The number of nitrogens with two attached hydrogens (primary N) is 2. The highest BCUT2D eigenvalue weighted by atomic mass is 16.6. The van der Waals surface area contributed by atoms with E-state index in [-0.39, 0.29) is 5.88 Å². The van der Waals surface area contributed by atoms with Crippen molar-refractivity contribution >= 4 is 6.09 Å². The van der Waals surface area contributed by atoms with Crippen LogP contribution in [-0.4, -0.2) is 33.2 Å². The van der Waals surface area contributed by atoms with Crippen molar-refractivity contribution in [3.63, 3.8) is 0 Å². The van der Waals surface area contributed by atoms with Crippen molar-refractivity contribution in [1.82, 2.24) is 15.0 Å². The maximum Gasteiger partial charge on any atom is 0.411 e. The first kappa shape index (κ1) is 18.6. The molecular weight excluding hydrogens is 322 g/mol. The van der Waals surface area contributed by atoms with Crippen molar-refractivity contribution in [3.8, 4) is 23.0 Å². The molecule has 8 heteroatoms. The molecule has 4 N–H and O–H groups in total. The van der Waals surface area contributed by atoms with Gasteiger partial charge in [0.15, 0.2) is 11.6 Å². The number of pyridine rings is 1. The molecule has 25 heavy (non-hydrogen) atoms. The Morgan fingerprint density at radius 1 is 1.28 bits per heavy atom. The highest BCUT2D eigenvalue weighted by molar-refractivity contribution is 5.68. The molecule has 1 amide bonds. The maximum atomic E-state index is 10.8. The minimum atomic E-state index is -0.930. The lowest BCUT2D eigenvalue weighted by atomic mass is 9.93. The summed E-state index contributed by atoms with van der Waals surface area (Å²) in [6, 6.07) is 3.23. The van der Waals surface area contributed by atoms with Gasteiger partial charge in [-0.1, -0.05) is 13.8 Å². The number of carbonyl (C=O) groups is 1. The number of aromatic nitrogens is 3. The van der Waals surface area contributed by atoms with E-state index in [0.29, 0.717) is 29.7 Å². The summed E-state index contributed by atoms with van der Waals surface area (Å²) in [4.78, 5) is 23.2. The standard InChI is InChI=1S/C17H23N5O3/c1-11(2)7-17(3,19)10-24-13-8-21-15(22-9-13)12-4-5-20-14(6-12)25-16(18)23/h4-6,8-9,11H,7,10,19H2,1-3H3,(H2,18,23). The number of rotatable bonds is 7. The molecule has 8 nitrogen and oxygen atoms in total. The summed E-state index contributed by atoms with van der Waals surface area (Å²) in [6.45, 7) is 6.57. The molecule has 0 bridgehead atoms. The molecule has 0 aromatic carbocycles. The molecular formula is C17H23N5O3. The number of hydrogen-bond donors (Lipinski definition) is 2. The Labute approximate surface area is 146 Å². The summed E-state index contributed by atoms with van der Waals surface area (Å²) in [5, 5.41) is 0. The van der Waals surface area contributed by atoms with E-state index in [1.807, 2.05) is 6.92 Å². The van der Waals surface area contributed by atoms with Crippen molar-refractivity contribution in [2.24, 2.45) is 17.4 Å². The number of nitrogens with zero attached hydrogens (tertiary/aromatic N) is 3. The van der Waals surface area contributed by atoms with Gasteiger partial charge in [-0.3, -0.25) is 0 Å². The maximum absolute atomic E-state index is 10.8. The van der Waals surface area contributed by atoms with Gasteiger partial charge >= 0.3 is 6.09 Å². The van der Waals surface area contributed by atoms with Gasteiger partial charge in [-0.05, 0) is 25.3 Å². The molecule has 1 atom stereocenters. The second-order valence-electron chi connectivity index (χ2n) is 6.59. The van der Waals surface area contributed by atoms with Crippen LogP contribution in [0.15, 0.2) is 30.7 Å². The summed E-state index contributed by atoms with van der Waals surface area (Å²) < 4.78 is 10.4. The predicted molar refractivity (Wildman–Crippen MR) is 93.0 cm³/mol. The van der Waals surface area contributed by atoms with Gasteiger partial charge < -0.3 is 20.9 Å². The number of amides is 1. The van der Waals surface area contributed by atoms with E-state index in [9.17, 15) is 4.79 Å². The number of hydrogen-bond acceptors (Lipinski definition) is 7. The molecule has 0 saturated heterocycles. The summed E-state index contributed by atoms with van der Waals surface area (Å²) in [5.41, 5.74) is 11.4. The number of primary amides is 1. The molecule has 2 aromatic rings. The molecule has 0 saturated carbocycles. The first-order valence-electron chi connectivity index (χ1n) is 7.92. The van der Waals surface area contributed by atoms with E-state index in [0.717, 1.165) is 6.42 Å². The van der Waals surface area contributed by atoms with Gasteiger partial charge in [0.05, 0.1) is 12.4 Å². The van der Waals surface area contributed by atoms with Crippen molar-refractivity contribution < 1.29 is 14.3 Å². The lowest BCUT2D eigenvalue weighted by molar-refractivity contribution is 0.205. The average molecular weight is 345 g/mol. The minimum Gasteiger partial charge on any atom is -0.488 e. The zero-order valence-corrected chi connectivity index (χ0v) is 14.6. The summed E-state index contributed by atoms with van der Waals surface area (Å²) in [6.07, 6.45) is 4.55. The van der Waals surface area contributed by atoms with Crippen LogP contribution in [0.2, 0.25) is 0 Å². The Balaban J connectivity index is 2.03. The highest BCUT2D eigenvalue weighted by Gasteiger charge is 2.21. The zero-order chi connectivity index (χ0) is 18.4. The van der Waals surface area contributed by atoms with Crippen LogP contribution in [0.5, 0.6) is 11.6 Å². The van der Waals surface area contributed by atoms with Gasteiger partial charge in [0.1, 0.15) is 6.61 Å². The Hall–Kier alpha value is -2.74. The van der Waals surface area contributed by atoms with E-state index in [4.69, 9.17) is 20.9 Å². The van der Waals surface area contributed by atoms with Crippen molar-refractivity contribution in [1.29, 1.82) is 0 Å². The second-order valence-corrected chi connectivity index (χ2v) is 6.59. The first-order chi connectivity index (χ1) is 11.7. The summed E-state index contributed by atoms with van der Waals surface area (Å²) in [7, 11) is 0. The predicted octanol–water partition coefficient (Wildman–Crippen LogP) is 2.14. The van der Waals surface area contributed by atoms with Gasteiger partial charge in [0.2, 0.25) is 5.88 Å². The highest BCUT2D eigenvalue weighted by Crippen LogP contribution is 2.21. The first-order valence-corrected chi connectivity index (χ1v) is 7.92. The SMILES string of the molecule is CC(C)CC(C)(N)COc1cnc(-c2ccnc(OC(N)=O)c2)nc1. The normalized spacial score (nSPS) is 13.3. The van der Waals surface area contributed by atoms with E-state index >= 15 is 0 Å². The van der Waals surface area contributed by atoms with Crippen LogP contribution in [0.3, 0.4) is 0 Å². The largest absolute Gasteiger partial charge is 0.488 e. The molecule has 0 aliphatic carbocycles. The fraction of sp³-hybridized carbons (Fsp3) is 0.412. The third-order valence-electron chi connectivity index (χ3n) is 3.27. The summed E-state index contributed by atoms with van der Waals surface area (Å²) >= 11 is 0. The van der Waals surface area contributed by atoms with E-state index in [1.165, 1.54) is 12.3 Å². The molecule has 0 spiro atoms. The third kappa shape index (κ3) is 6.00. The fourth-order valence-corrected chi connectivity index (χ4v) is 2.49. The average Bonchev–Trinajstić information content (AvgIpc) is 2.52. The monoisotopic (exact) mass is 345 g/mol. The van der Waals surface area contributed by atoms with E-state index < -0.39 is 11.6 Å². The molecule has 2 rings (SSSR count). The second kappa shape index (κ2) is 7.89. The number of ether oxygens (including phenoxy) is 2. The van der Waals surface area contributed by atoms with Gasteiger partial charge in [0, 0.05) is 23.4 Å². The molecule has 0 aliphatic rings. The molecule has 2 heterocycles. The van der Waals surface area contributed by atoms with Crippen LogP contribution in [0, 0.1) is 5.92 Å². The van der Waals surface area contributed by atoms with Gasteiger partial charge in [-0.15, -0.1) is 0 Å². The molecule has 0 aliphatic heterocycles. The van der Waals surface area contributed by atoms with Gasteiger partial charge in [0.25, 0.3) is 0 Å². The lowest BCUT2D eigenvalue weighted by Crippen LogP contribution is -2.43. The van der Waals surface area contributed by atoms with Crippen molar-refractivity contribution in [2.45, 2.75) is 32.7 Å². The smallest absolute Gasteiger partial charge is 0.411 e. The topological polar surface area (TPSA) is 126 Å². The van der Waals surface area contributed by atoms with Crippen LogP contribution in [0.1, 0.15) is 27.2 Å². The Bertz CT molecular complexity index is 716. The molecule has 0 fully saturated rings. The van der Waals surface area contributed by atoms with Crippen molar-refractivity contribution in [3.05, 3.63) is 30.7 Å². The molecule has 1 unspecified atom stereocenters. The van der Waals surface area contributed by atoms with Crippen molar-refractivity contribution in [2.75, 3.05) is 6.61 Å². The molecule has 134 valence electrons. The minimum absolute atomic E-state index is 0.0847. The van der Waals surface area contributed by atoms with E-state index in [2.05, 4.69) is 28.8 Å². The molecule has 2 aromatic heterocycles. The quantitative estimate of drug-likeness (QED) is 0.787. The van der Waals surface area contributed by atoms with Crippen LogP contribution in [-0.2, 0) is 0 Å². The van der Waals surface area contributed by atoms with Gasteiger partial charge in [-0.2, -0.15) is 0 Å². The Morgan fingerprint density at radius 2 is 1.96 bits per heavy atom. The van der Waals surface area contributed by atoms with E-state index in [1.54, 1.807) is 18.5 Å². The number of carbonyl (C=O) groups excluding carboxylic acids is 1. The van der Waals surface area contributed by atoms with Crippen LogP contribution >= 0.6 is 0 Å². The molecule has 0 radical (unpaired) electrons. The lowest BCUT2D eigenvalue weighted by Gasteiger charge is -2.26.